The van der Waals surface area contributed by atoms with E-state index in [0.29, 0.717) is 0 Å². The van der Waals surface area contributed by atoms with Crippen LogP contribution < -0.4 is 9.47 Å². The molecule has 0 spiro atoms. The maximum Gasteiger partial charge on any atom is 0.169 e. The van der Waals surface area contributed by atoms with E-state index in [-0.39, 0.29) is 0 Å². The fourth-order valence-corrected chi connectivity index (χ4v) is 3.41. The van der Waals surface area contributed by atoms with Crippen LogP contribution in [0.25, 0.3) is 12.2 Å². The number of unbranched alkanes of at least 4 members (excludes halogenated alkanes) is 3. The second-order valence-corrected chi connectivity index (χ2v) is 7.05. The van der Waals surface area contributed by atoms with E-state index in [4.69, 9.17) is 0 Å². The lowest BCUT2D eigenvalue weighted by atomic mass is 10.1. The number of hydrogen-bond acceptors (Lipinski definition) is 1. The van der Waals surface area contributed by atoms with Gasteiger partial charge in [-0.2, -0.15) is 0 Å². The van der Waals surface area contributed by atoms with Gasteiger partial charge in [-0.05, 0) is 42.5 Å². The Morgan fingerprint density at radius 3 is 2.12 bits per heavy atom. The monoisotopic (exact) mass is 335 g/mol. The Balaban J connectivity index is 1.52. The molecule has 1 aliphatic rings. The molecule has 2 heterocycles. The summed E-state index contributed by atoms with van der Waals surface area (Å²) in [5.41, 5.74) is 3.88. The number of rotatable bonds is 8. The van der Waals surface area contributed by atoms with Crippen molar-refractivity contribution in [3.8, 4) is 0 Å². The number of anilines is 1. The van der Waals surface area contributed by atoms with Crippen LogP contribution in [-0.4, -0.2) is 13.1 Å². The molecule has 0 saturated carbocycles. The van der Waals surface area contributed by atoms with Crippen molar-refractivity contribution in [2.45, 2.75) is 52.0 Å². The molecule has 0 amide bonds. The second kappa shape index (κ2) is 9.41. The van der Waals surface area contributed by atoms with Gasteiger partial charge in [-0.25, -0.2) is 4.57 Å². The van der Waals surface area contributed by atoms with Crippen LogP contribution in [0.4, 0.5) is 5.69 Å². The van der Waals surface area contributed by atoms with Gasteiger partial charge in [0, 0.05) is 37.3 Å². The topological polar surface area (TPSA) is 7.12 Å². The fourth-order valence-electron chi connectivity index (χ4n) is 3.41. The molecule has 0 radical (unpaired) electrons. The predicted octanol–water partition coefficient (Wildman–Crippen LogP) is 5.33. The molecule has 1 fully saturated rings. The zero-order valence-electron chi connectivity index (χ0n) is 15.5. The van der Waals surface area contributed by atoms with Gasteiger partial charge >= 0.3 is 0 Å². The van der Waals surface area contributed by atoms with Crippen LogP contribution in [0.3, 0.4) is 0 Å². The summed E-state index contributed by atoms with van der Waals surface area (Å²) >= 11 is 0. The summed E-state index contributed by atoms with van der Waals surface area (Å²) in [7, 11) is 0. The lowest BCUT2D eigenvalue weighted by molar-refractivity contribution is -0.697. The standard InChI is InChI=1S/C23H31N2/c1-2-3-4-5-16-24-19-14-22(15-20-24)9-8-21-10-12-23(13-11-21)25-17-6-7-18-25/h8-15,19-20H,2-7,16-18H2,1H3/q+1. The highest BCUT2D eigenvalue weighted by molar-refractivity contribution is 5.70. The van der Waals surface area contributed by atoms with E-state index in [1.54, 1.807) is 0 Å². The number of nitrogens with zero attached hydrogens (tertiary/aromatic N) is 2. The average Bonchev–Trinajstić information content (AvgIpc) is 3.20. The molecule has 0 unspecified atom stereocenters. The van der Waals surface area contributed by atoms with E-state index in [2.05, 4.69) is 77.3 Å². The van der Waals surface area contributed by atoms with Crippen LogP contribution >= 0.6 is 0 Å². The molecule has 0 N–H and O–H groups in total. The SMILES string of the molecule is CCCCCC[n+]1ccc(C=Cc2ccc(N3CCCC3)cc2)cc1. The summed E-state index contributed by atoms with van der Waals surface area (Å²) in [6.07, 6.45) is 16.7. The quantitative estimate of drug-likeness (QED) is 0.467. The molecule has 1 aromatic carbocycles. The van der Waals surface area contributed by atoms with E-state index in [0.717, 1.165) is 6.54 Å². The highest BCUT2D eigenvalue weighted by atomic mass is 15.1. The Hall–Kier alpha value is -2.09. The number of pyridine rings is 1. The first kappa shape index (κ1) is 17.7. The molecule has 1 aromatic heterocycles. The number of aromatic nitrogens is 1. The first-order valence-corrected chi connectivity index (χ1v) is 9.87. The minimum absolute atomic E-state index is 1.13. The Labute approximate surface area is 152 Å². The summed E-state index contributed by atoms with van der Waals surface area (Å²) in [6, 6.07) is 13.4. The smallest absolute Gasteiger partial charge is 0.169 e. The van der Waals surface area contributed by atoms with Crippen molar-refractivity contribution in [3.05, 3.63) is 59.9 Å². The third kappa shape index (κ3) is 5.45. The molecule has 1 aliphatic heterocycles. The van der Waals surface area contributed by atoms with Crippen molar-refractivity contribution < 1.29 is 4.57 Å². The highest BCUT2D eigenvalue weighted by Crippen LogP contribution is 2.21. The highest BCUT2D eigenvalue weighted by Gasteiger charge is 2.11. The summed E-state index contributed by atoms with van der Waals surface area (Å²) in [5, 5.41) is 0. The molecule has 3 rings (SSSR count). The van der Waals surface area contributed by atoms with E-state index in [9.17, 15) is 0 Å². The van der Waals surface area contributed by atoms with Crippen molar-refractivity contribution in [2.24, 2.45) is 0 Å². The van der Waals surface area contributed by atoms with Gasteiger partial charge in [0.15, 0.2) is 12.4 Å². The van der Waals surface area contributed by atoms with Crippen molar-refractivity contribution in [1.29, 1.82) is 0 Å². The number of hydrogen-bond donors (Lipinski definition) is 0. The molecular formula is C23H31N2+. The Morgan fingerprint density at radius 1 is 0.840 bits per heavy atom. The van der Waals surface area contributed by atoms with E-state index in [1.807, 2.05) is 0 Å². The van der Waals surface area contributed by atoms with E-state index < -0.39 is 0 Å². The lowest BCUT2D eigenvalue weighted by Gasteiger charge is -2.17. The summed E-state index contributed by atoms with van der Waals surface area (Å²) in [4.78, 5) is 2.48. The molecule has 0 aliphatic carbocycles. The molecule has 25 heavy (non-hydrogen) atoms. The third-order valence-corrected chi connectivity index (χ3v) is 5.02. The molecule has 2 nitrogen and oxygen atoms in total. The molecule has 0 atom stereocenters. The molecule has 2 heteroatoms. The average molecular weight is 336 g/mol. The second-order valence-electron chi connectivity index (χ2n) is 7.05. The molecular weight excluding hydrogens is 304 g/mol. The minimum atomic E-state index is 1.13. The van der Waals surface area contributed by atoms with Crippen LogP contribution in [-0.2, 0) is 6.54 Å². The zero-order chi connectivity index (χ0) is 17.3. The van der Waals surface area contributed by atoms with Crippen molar-refractivity contribution in [1.82, 2.24) is 0 Å². The Bertz CT molecular complexity index is 649. The molecule has 0 bridgehead atoms. The van der Waals surface area contributed by atoms with Gasteiger partial charge in [0.25, 0.3) is 0 Å². The van der Waals surface area contributed by atoms with Crippen molar-refractivity contribution >= 4 is 17.8 Å². The molecule has 1 saturated heterocycles. The lowest BCUT2D eigenvalue weighted by Crippen LogP contribution is -2.32. The summed E-state index contributed by atoms with van der Waals surface area (Å²) < 4.78 is 2.29. The largest absolute Gasteiger partial charge is 0.372 e. The third-order valence-electron chi connectivity index (χ3n) is 5.02. The van der Waals surface area contributed by atoms with Crippen LogP contribution in [0.1, 0.15) is 56.6 Å². The van der Waals surface area contributed by atoms with Crippen molar-refractivity contribution in [3.63, 3.8) is 0 Å². The summed E-state index contributed by atoms with van der Waals surface area (Å²) in [6.45, 7) is 5.80. The van der Waals surface area contributed by atoms with E-state index >= 15 is 0 Å². The maximum atomic E-state index is 2.48. The first-order valence-electron chi connectivity index (χ1n) is 9.87. The Morgan fingerprint density at radius 2 is 1.48 bits per heavy atom. The predicted molar refractivity (Wildman–Crippen MR) is 108 cm³/mol. The van der Waals surface area contributed by atoms with Gasteiger partial charge in [-0.1, -0.05) is 44.1 Å². The number of benzene rings is 1. The summed E-state index contributed by atoms with van der Waals surface area (Å²) in [5.74, 6) is 0. The normalized spacial score (nSPS) is 14.5. The molecule has 2 aromatic rings. The van der Waals surface area contributed by atoms with Crippen LogP contribution in [0, 0.1) is 0 Å². The first-order chi connectivity index (χ1) is 12.3. The van der Waals surface area contributed by atoms with Gasteiger partial charge in [0.2, 0.25) is 0 Å². The van der Waals surface area contributed by atoms with Gasteiger partial charge in [-0.3, -0.25) is 0 Å². The van der Waals surface area contributed by atoms with Crippen molar-refractivity contribution in [2.75, 3.05) is 18.0 Å². The van der Waals surface area contributed by atoms with Gasteiger partial charge < -0.3 is 4.90 Å². The van der Waals surface area contributed by atoms with Gasteiger partial charge in [0.05, 0.1) is 0 Å². The van der Waals surface area contributed by atoms with E-state index in [1.165, 1.54) is 68.4 Å². The van der Waals surface area contributed by atoms with Gasteiger partial charge in [-0.15, -0.1) is 0 Å². The number of aryl methyl sites for hydroxylation is 1. The van der Waals surface area contributed by atoms with Crippen LogP contribution in [0.15, 0.2) is 48.8 Å². The Kier molecular flexibility index (Phi) is 6.67. The fraction of sp³-hybridized carbons (Fsp3) is 0.435. The maximum absolute atomic E-state index is 2.48. The minimum Gasteiger partial charge on any atom is -0.372 e. The van der Waals surface area contributed by atoms with Gasteiger partial charge in [0.1, 0.15) is 6.54 Å². The molecule has 132 valence electrons. The zero-order valence-corrected chi connectivity index (χ0v) is 15.5. The van der Waals surface area contributed by atoms with Crippen LogP contribution in [0.2, 0.25) is 0 Å². The van der Waals surface area contributed by atoms with Crippen LogP contribution in [0.5, 0.6) is 0 Å².